The topological polar surface area (TPSA) is 76.6 Å². The molecule has 2 atom stereocenters. The van der Waals surface area contributed by atoms with E-state index in [1.165, 1.54) is 0 Å². The van der Waals surface area contributed by atoms with Crippen LogP contribution in [0, 0.1) is 12.3 Å². The fourth-order valence-electron chi connectivity index (χ4n) is 2.93. The maximum Gasteiger partial charge on any atom is 0.123 e. The fraction of sp³-hybridized carbons (Fsp3) is 0.533. The van der Waals surface area contributed by atoms with Crippen LogP contribution in [0.3, 0.4) is 0 Å². The van der Waals surface area contributed by atoms with E-state index in [1.54, 1.807) is 0 Å². The second-order valence-electron chi connectivity index (χ2n) is 5.87. The highest BCUT2D eigenvalue weighted by Crippen LogP contribution is 2.27. The highest BCUT2D eigenvalue weighted by atomic mass is 16.3. The van der Waals surface area contributed by atoms with Gasteiger partial charge in [-0.2, -0.15) is 0 Å². The minimum absolute atomic E-state index is 0.0975. The number of nitrogen functional groups attached to an aromatic ring is 1. The number of hydrogen-bond donors (Lipinski definition) is 3. The van der Waals surface area contributed by atoms with E-state index in [2.05, 4.69) is 15.9 Å². The van der Waals surface area contributed by atoms with E-state index < -0.39 is 0 Å². The molecule has 5 heteroatoms. The van der Waals surface area contributed by atoms with Crippen LogP contribution in [-0.2, 0) is 0 Å². The molecule has 110 valence electrons. The van der Waals surface area contributed by atoms with Gasteiger partial charge >= 0.3 is 0 Å². The van der Waals surface area contributed by atoms with Crippen molar-refractivity contribution in [1.29, 1.82) is 5.41 Å². The average molecular weight is 276 g/mol. The predicted molar refractivity (Wildman–Crippen MR) is 82.5 cm³/mol. The number of aryl methyl sites for hydroxylation is 1. The van der Waals surface area contributed by atoms with Crippen molar-refractivity contribution in [1.82, 2.24) is 4.90 Å². The Morgan fingerprint density at radius 2 is 2.20 bits per heavy atom. The molecule has 1 aliphatic rings. The Balaban J connectivity index is 2.25. The van der Waals surface area contributed by atoms with E-state index in [-0.39, 0.29) is 11.9 Å². The summed E-state index contributed by atoms with van der Waals surface area (Å²) in [5.41, 5.74) is 8.43. The van der Waals surface area contributed by atoms with Crippen molar-refractivity contribution in [2.24, 2.45) is 5.73 Å². The lowest BCUT2D eigenvalue weighted by atomic mass is 10.1. The number of nitrogens with zero attached hydrogens (tertiary/aromatic N) is 2. The maximum absolute atomic E-state index is 9.94. The summed E-state index contributed by atoms with van der Waals surface area (Å²) in [6, 6.07) is 6.26. The molecule has 1 saturated heterocycles. The molecule has 1 aromatic carbocycles. The Hall–Kier alpha value is -1.59. The zero-order valence-corrected chi connectivity index (χ0v) is 12.4. The molecule has 1 fully saturated rings. The lowest BCUT2D eigenvalue weighted by molar-refractivity contribution is 0.191. The molecule has 0 aromatic heterocycles. The largest absolute Gasteiger partial charge is 0.391 e. The molecule has 2 unspecified atom stereocenters. The molecule has 0 bridgehead atoms. The smallest absolute Gasteiger partial charge is 0.123 e. The third-order valence-electron chi connectivity index (χ3n) is 3.80. The van der Waals surface area contributed by atoms with Crippen LogP contribution in [0.15, 0.2) is 18.2 Å². The van der Waals surface area contributed by atoms with Crippen molar-refractivity contribution in [2.75, 3.05) is 32.1 Å². The molecular formula is C15H24N4O. The Bertz CT molecular complexity index is 501. The Morgan fingerprint density at radius 3 is 2.75 bits per heavy atom. The van der Waals surface area contributed by atoms with E-state index in [1.807, 2.05) is 33.2 Å². The number of aliphatic hydroxyl groups is 1. The van der Waals surface area contributed by atoms with Gasteiger partial charge in [-0.15, -0.1) is 0 Å². The van der Waals surface area contributed by atoms with Crippen LogP contribution in [0.4, 0.5) is 5.69 Å². The van der Waals surface area contributed by atoms with Gasteiger partial charge in [0.1, 0.15) is 5.84 Å². The second-order valence-corrected chi connectivity index (χ2v) is 5.87. The number of rotatable bonds is 4. The van der Waals surface area contributed by atoms with Gasteiger partial charge in [0.15, 0.2) is 0 Å². The van der Waals surface area contributed by atoms with Gasteiger partial charge in [-0.25, -0.2) is 0 Å². The molecule has 4 N–H and O–H groups in total. The molecule has 0 aliphatic carbocycles. The normalized spacial score (nSPS) is 22.6. The molecule has 1 aromatic rings. The second kappa shape index (κ2) is 5.81. The zero-order chi connectivity index (χ0) is 14.9. The van der Waals surface area contributed by atoms with E-state index in [9.17, 15) is 5.11 Å². The number of benzene rings is 1. The number of β-amino-alcohol motifs (C(OH)–C–C–N with tert-alkyl or cyclic N) is 1. The quantitative estimate of drug-likeness (QED) is 0.561. The fourth-order valence-corrected chi connectivity index (χ4v) is 2.93. The van der Waals surface area contributed by atoms with Crippen LogP contribution in [-0.4, -0.2) is 55.2 Å². The van der Waals surface area contributed by atoms with Gasteiger partial charge in [0, 0.05) is 30.4 Å². The van der Waals surface area contributed by atoms with Gasteiger partial charge in [-0.05, 0) is 51.2 Å². The van der Waals surface area contributed by atoms with Crippen molar-refractivity contribution < 1.29 is 5.11 Å². The van der Waals surface area contributed by atoms with Crippen LogP contribution < -0.4 is 10.6 Å². The van der Waals surface area contributed by atoms with Crippen LogP contribution in [0.5, 0.6) is 0 Å². The summed E-state index contributed by atoms with van der Waals surface area (Å²) in [5.74, 6) is 0.0975. The standard InChI is InChI=1S/C15H24N4O/c1-10-6-11(4-5-14(10)15(16)17)19-9-13(20)7-12(19)8-18(2)3/h4-6,12-13,20H,7-9H2,1-3H3,(H3,16,17). The van der Waals surface area contributed by atoms with Crippen LogP contribution in [0.2, 0.25) is 0 Å². The summed E-state index contributed by atoms with van der Waals surface area (Å²) in [5, 5.41) is 17.5. The zero-order valence-electron chi connectivity index (χ0n) is 12.4. The molecule has 0 spiro atoms. The van der Waals surface area contributed by atoms with Crippen LogP contribution in [0.1, 0.15) is 17.5 Å². The summed E-state index contributed by atoms with van der Waals surface area (Å²) in [7, 11) is 4.10. The number of aliphatic hydroxyl groups excluding tert-OH is 1. The van der Waals surface area contributed by atoms with Gasteiger partial charge in [0.05, 0.1) is 6.10 Å². The SMILES string of the molecule is Cc1cc(N2CC(O)CC2CN(C)C)ccc1C(=N)N. The van der Waals surface area contributed by atoms with Crippen molar-refractivity contribution in [3.8, 4) is 0 Å². The van der Waals surface area contributed by atoms with Gasteiger partial charge in [-0.3, -0.25) is 5.41 Å². The number of nitrogens with two attached hydrogens (primary N) is 1. The van der Waals surface area contributed by atoms with Crippen LogP contribution >= 0.6 is 0 Å². The minimum atomic E-state index is -0.271. The molecule has 1 heterocycles. The van der Waals surface area contributed by atoms with Crippen LogP contribution in [0.25, 0.3) is 0 Å². The first kappa shape index (κ1) is 14.8. The first-order valence-corrected chi connectivity index (χ1v) is 6.93. The lowest BCUT2D eigenvalue weighted by Crippen LogP contribution is -2.37. The van der Waals surface area contributed by atoms with Gasteiger partial charge in [-0.1, -0.05) is 0 Å². The number of anilines is 1. The van der Waals surface area contributed by atoms with Gasteiger partial charge in [0.25, 0.3) is 0 Å². The third-order valence-corrected chi connectivity index (χ3v) is 3.80. The van der Waals surface area contributed by atoms with E-state index in [0.717, 1.165) is 29.8 Å². The maximum atomic E-state index is 9.94. The van der Waals surface area contributed by atoms with Crippen molar-refractivity contribution in [3.63, 3.8) is 0 Å². The van der Waals surface area contributed by atoms with Crippen molar-refractivity contribution in [2.45, 2.75) is 25.5 Å². The monoisotopic (exact) mass is 276 g/mol. The van der Waals surface area contributed by atoms with Crippen molar-refractivity contribution >= 4 is 11.5 Å². The number of likely N-dealkylation sites (N-methyl/N-ethyl adjacent to an activating group) is 1. The summed E-state index contributed by atoms with van der Waals surface area (Å²) < 4.78 is 0. The molecule has 20 heavy (non-hydrogen) atoms. The van der Waals surface area contributed by atoms with Gasteiger partial charge < -0.3 is 20.6 Å². The summed E-state index contributed by atoms with van der Waals surface area (Å²) in [4.78, 5) is 4.40. The van der Waals surface area contributed by atoms with E-state index in [0.29, 0.717) is 12.6 Å². The number of amidine groups is 1. The van der Waals surface area contributed by atoms with Crippen molar-refractivity contribution in [3.05, 3.63) is 29.3 Å². The summed E-state index contributed by atoms with van der Waals surface area (Å²) in [6.45, 7) is 3.55. The van der Waals surface area contributed by atoms with Gasteiger partial charge in [0.2, 0.25) is 0 Å². The number of hydrogen-bond acceptors (Lipinski definition) is 4. The molecule has 2 rings (SSSR count). The minimum Gasteiger partial charge on any atom is -0.391 e. The first-order chi connectivity index (χ1) is 9.38. The highest BCUT2D eigenvalue weighted by Gasteiger charge is 2.31. The Morgan fingerprint density at radius 1 is 1.50 bits per heavy atom. The third kappa shape index (κ3) is 3.11. The summed E-state index contributed by atoms with van der Waals surface area (Å²) >= 11 is 0. The lowest BCUT2D eigenvalue weighted by Gasteiger charge is -2.29. The Labute approximate surface area is 120 Å². The van der Waals surface area contributed by atoms with E-state index in [4.69, 9.17) is 11.1 Å². The molecule has 5 nitrogen and oxygen atoms in total. The highest BCUT2D eigenvalue weighted by molar-refractivity contribution is 5.96. The predicted octanol–water partition coefficient (Wildman–Crippen LogP) is 0.780. The molecule has 0 amide bonds. The molecule has 0 radical (unpaired) electrons. The molecular weight excluding hydrogens is 252 g/mol. The first-order valence-electron chi connectivity index (χ1n) is 6.93. The molecule has 1 aliphatic heterocycles. The Kier molecular flexibility index (Phi) is 4.30. The van der Waals surface area contributed by atoms with E-state index >= 15 is 0 Å². The average Bonchev–Trinajstić information content (AvgIpc) is 2.68. The number of nitrogens with one attached hydrogen (secondary N) is 1. The summed E-state index contributed by atoms with van der Waals surface area (Å²) in [6.07, 6.45) is 0.527. The molecule has 0 saturated carbocycles.